The number of urea groups is 1. The maximum absolute atomic E-state index is 12.5. The third kappa shape index (κ3) is 3.65. The van der Waals surface area contributed by atoms with Crippen LogP contribution in [0.2, 0.25) is 0 Å². The van der Waals surface area contributed by atoms with Gasteiger partial charge in [0.15, 0.2) is 0 Å². The van der Waals surface area contributed by atoms with E-state index < -0.39 is 5.97 Å². The fourth-order valence-corrected chi connectivity index (χ4v) is 2.07. The summed E-state index contributed by atoms with van der Waals surface area (Å²) in [6.45, 7) is 1.82. The Hall–Kier alpha value is -3.03. The van der Waals surface area contributed by atoms with Crippen LogP contribution in [-0.4, -0.2) is 43.3 Å². The lowest BCUT2D eigenvalue weighted by molar-refractivity contribution is 0.0600. The molecule has 1 atom stereocenters. The summed E-state index contributed by atoms with van der Waals surface area (Å²) in [7, 11) is 4.40. The molecule has 1 aromatic heterocycles. The molecule has 0 fully saturated rings. The summed E-state index contributed by atoms with van der Waals surface area (Å²) in [4.78, 5) is 25.6. The lowest BCUT2D eigenvalue weighted by Gasteiger charge is -2.24. The molecule has 1 N–H and O–H groups in total. The van der Waals surface area contributed by atoms with E-state index in [4.69, 9.17) is 9.26 Å². The molecular formula is C16H19N3O5. The molecule has 0 spiro atoms. The second-order valence-electron chi connectivity index (χ2n) is 5.05. The number of ether oxygens (including phenoxy) is 2. The van der Waals surface area contributed by atoms with Crippen LogP contribution in [-0.2, 0) is 4.74 Å². The van der Waals surface area contributed by atoms with Crippen LogP contribution in [0.15, 0.2) is 35.1 Å². The van der Waals surface area contributed by atoms with Crippen molar-refractivity contribution in [2.45, 2.75) is 13.0 Å². The first-order chi connectivity index (χ1) is 11.5. The number of rotatable bonds is 5. The first-order valence-electron chi connectivity index (χ1n) is 7.18. The number of aromatic nitrogens is 1. The van der Waals surface area contributed by atoms with Crippen LogP contribution in [0.5, 0.6) is 5.75 Å². The fourth-order valence-electron chi connectivity index (χ4n) is 2.07. The van der Waals surface area contributed by atoms with Crippen LogP contribution >= 0.6 is 0 Å². The molecule has 0 radical (unpaired) electrons. The Morgan fingerprint density at radius 2 is 2.04 bits per heavy atom. The van der Waals surface area contributed by atoms with Gasteiger partial charge in [0.1, 0.15) is 17.7 Å². The van der Waals surface area contributed by atoms with E-state index >= 15 is 0 Å². The molecule has 8 heteroatoms. The molecule has 2 amide bonds. The van der Waals surface area contributed by atoms with Gasteiger partial charge in [-0.05, 0) is 25.1 Å². The molecule has 24 heavy (non-hydrogen) atoms. The van der Waals surface area contributed by atoms with Crippen molar-refractivity contribution in [3.05, 3.63) is 41.8 Å². The minimum Gasteiger partial charge on any atom is -0.495 e. The SMILES string of the molecule is COC(=O)c1ccc(OC)c(NC(=O)N(C)C(C)c2ccon2)c1. The Balaban J connectivity index is 2.19. The summed E-state index contributed by atoms with van der Waals surface area (Å²) >= 11 is 0. The minimum absolute atomic E-state index is 0.293. The third-order valence-electron chi connectivity index (χ3n) is 3.65. The number of benzene rings is 1. The van der Waals surface area contributed by atoms with Crippen molar-refractivity contribution in [1.82, 2.24) is 10.1 Å². The summed E-state index contributed by atoms with van der Waals surface area (Å²) < 4.78 is 14.7. The Kier molecular flexibility index (Phi) is 5.41. The zero-order valence-electron chi connectivity index (χ0n) is 13.9. The Morgan fingerprint density at radius 1 is 1.29 bits per heavy atom. The van der Waals surface area contributed by atoms with Gasteiger partial charge in [-0.25, -0.2) is 9.59 Å². The molecule has 2 rings (SSSR count). The number of nitrogens with one attached hydrogen (secondary N) is 1. The number of carbonyl (C=O) groups is 2. The molecule has 0 aliphatic rings. The Bertz CT molecular complexity index is 715. The monoisotopic (exact) mass is 333 g/mol. The zero-order valence-corrected chi connectivity index (χ0v) is 13.9. The number of anilines is 1. The van der Waals surface area contributed by atoms with Crippen LogP contribution in [0.1, 0.15) is 29.0 Å². The lowest BCUT2D eigenvalue weighted by Crippen LogP contribution is -2.33. The third-order valence-corrected chi connectivity index (χ3v) is 3.65. The predicted molar refractivity (Wildman–Crippen MR) is 86.0 cm³/mol. The largest absolute Gasteiger partial charge is 0.495 e. The highest BCUT2D eigenvalue weighted by Crippen LogP contribution is 2.27. The maximum Gasteiger partial charge on any atom is 0.337 e. The predicted octanol–water partition coefficient (Wildman–Crippen LogP) is 2.69. The van der Waals surface area contributed by atoms with Gasteiger partial charge >= 0.3 is 12.0 Å². The van der Waals surface area contributed by atoms with Gasteiger partial charge in [0, 0.05) is 13.1 Å². The number of methoxy groups -OCH3 is 2. The van der Waals surface area contributed by atoms with E-state index in [2.05, 4.69) is 15.2 Å². The summed E-state index contributed by atoms with van der Waals surface area (Å²) in [6, 6.07) is 5.65. The molecule has 0 saturated heterocycles. The van der Waals surface area contributed by atoms with Crippen molar-refractivity contribution >= 4 is 17.7 Å². The number of nitrogens with zero attached hydrogens (tertiary/aromatic N) is 2. The van der Waals surface area contributed by atoms with Crippen LogP contribution in [0, 0.1) is 0 Å². The zero-order chi connectivity index (χ0) is 17.7. The number of hydrogen-bond acceptors (Lipinski definition) is 6. The molecule has 1 unspecified atom stereocenters. The molecule has 2 aromatic rings. The van der Waals surface area contributed by atoms with E-state index in [0.717, 1.165) is 0 Å². The number of hydrogen-bond donors (Lipinski definition) is 1. The number of esters is 1. The van der Waals surface area contributed by atoms with Crippen LogP contribution < -0.4 is 10.1 Å². The van der Waals surface area contributed by atoms with Crippen molar-refractivity contribution in [2.24, 2.45) is 0 Å². The lowest BCUT2D eigenvalue weighted by atomic mass is 10.2. The van der Waals surface area contributed by atoms with Crippen molar-refractivity contribution < 1.29 is 23.6 Å². The highest BCUT2D eigenvalue weighted by Gasteiger charge is 2.21. The highest BCUT2D eigenvalue weighted by atomic mass is 16.5. The smallest absolute Gasteiger partial charge is 0.337 e. The summed E-state index contributed by atoms with van der Waals surface area (Å²) in [5.41, 5.74) is 1.30. The molecular weight excluding hydrogens is 314 g/mol. The quantitative estimate of drug-likeness (QED) is 0.846. The average Bonchev–Trinajstić information content (AvgIpc) is 3.14. The van der Waals surface area contributed by atoms with Gasteiger partial charge in [0.2, 0.25) is 0 Å². The molecule has 128 valence electrons. The van der Waals surface area contributed by atoms with Gasteiger partial charge in [-0.3, -0.25) is 0 Å². The molecule has 0 aliphatic heterocycles. The van der Waals surface area contributed by atoms with E-state index in [1.165, 1.54) is 31.4 Å². The molecule has 1 aromatic carbocycles. The maximum atomic E-state index is 12.5. The van der Waals surface area contributed by atoms with Crippen LogP contribution in [0.3, 0.4) is 0 Å². The van der Waals surface area contributed by atoms with E-state index in [0.29, 0.717) is 22.7 Å². The Morgan fingerprint density at radius 3 is 2.62 bits per heavy atom. The van der Waals surface area contributed by atoms with Gasteiger partial charge in [-0.1, -0.05) is 5.16 Å². The van der Waals surface area contributed by atoms with Gasteiger partial charge in [0.25, 0.3) is 0 Å². The van der Waals surface area contributed by atoms with E-state index in [9.17, 15) is 9.59 Å². The van der Waals surface area contributed by atoms with E-state index in [-0.39, 0.29) is 12.1 Å². The topological polar surface area (TPSA) is 93.9 Å². The Labute approximate surface area is 139 Å². The van der Waals surface area contributed by atoms with Gasteiger partial charge < -0.3 is 24.2 Å². The molecule has 0 saturated carbocycles. The summed E-state index contributed by atoms with van der Waals surface area (Å²) in [5, 5.41) is 6.55. The molecule has 1 heterocycles. The fraction of sp³-hybridized carbons (Fsp3) is 0.312. The number of amides is 2. The van der Waals surface area contributed by atoms with Crippen molar-refractivity contribution in [2.75, 3.05) is 26.6 Å². The summed E-state index contributed by atoms with van der Waals surface area (Å²) in [5.74, 6) is -0.0732. The number of carbonyl (C=O) groups excluding carboxylic acids is 2. The highest BCUT2D eigenvalue weighted by molar-refractivity contribution is 5.95. The molecule has 0 bridgehead atoms. The van der Waals surface area contributed by atoms with E-state index in [1.807, 2.05) is 6.92 Å². The van der Waals surface area contributed by atoms with Gasteiger partial charge in [-0.2, -0.15) is 0 Å². The normalized spacial score (nSPS) is 11.5. The van der Waals surface area contributed by atoms with Crippen LogP contribution in [0.4, 0.5) is 10.5 Å². The van der Waals surface area contributed by atoms with Crippen molar-refractivity contribution in [3.63, 3.8) is 0 Å². The molecule has 0 aliphatic carbocycles. The van der Waals surface area contributed by atoms with Crippen molar-refractivity contribution in [3.8, 4) is 5.75 Å². The van der Waals surface area contributed by atoms with E-state index in [1.54, 1.807) is 25.2 Å². The standard InChI is InChI=1S/C16H19N3O5/c1-10(12-7-8-24-18-12)19(2)16(21)17-13-9-11(15(20)23-4)5-6-14(13)22-3/h5-10H,1-4H3,(H,17,21). The summed E-state index contributed by atoms with van der Waals surface area (Å²) in [6.07, 6.45) is 1.44. The molecule has 8 nitrogen and oxygen atoms in total. The van der Waals surface area contributed by atoms with Gasteiger partial charge in [0.05, 0.1) is 31.5 Å². The average molecular weight is 333 g/mol. The van der Waals surface area contributed by atoms with Gasteiger partial charge in [-0.15, -0.1) is 0 Å². The first kappa shape index (κ1) is 17.3. The second-order valence-corrected chi connectivity index (χ2v) is 5.05. The minimum atomic E-state index is -0.502. The van der Waals surface area contributed by atoms with Crippen molar-refractivity contribution in [1.29, 1.82) is 0 Å². The van der Waals surface area contributed by atoms with Crippen LogP contribution in [0.25, 0.3) is 0 Å². The first-order valence-corrected chi connectivity index (χ1v) is 7.18. The second kappa shape index (κ2) is 7.49.